The molecule has 2 heterocycles. The second-order valence-electron chi connectivity index (χ2n) is 20.5. The summed E-state index contributed by atoms with van der Waals surface area (Å²) in [5, 5.41) is 24.3. The second-order valence-corrected chi connectivity index (χ2v) is 20.5. The third kappa shape index (κ3) is 9.89. The first-order valence-electron chi connectivity index (χ1n) is 27.6. The van der Waals surface area contributed by atoms with Crippen molar-refractivity contribution in [2.45, 2.75) is 0 Å². The fourth-order valence-electron chi connectivity index (χ4n) is 11.0. The summed E-state index contributed by atoms with van der Waals surface area (Å²) in [6, 6.07) is 99.1. The highest BCUT2D eigenvalue weighted by Crippen LogP contribution is 2.41. The van der Waals surface area contributed by atoms with E-state index in [1.807, 2.05) is 133 Å². The Morgan fingerprint density at radius 3 is 1.19 bits per heavy atom. The summed E-state index contributed by atoms with van der Waals surface area (Å²) in [5.41, 5.74) is 16.5. The van der Waals surface area contributed by atoms with Gasteiger partial charge in [0.25, 0.3) is 0 Å². The molecule has 0 radical (unpaired) electrons. The van der Waals surface area contributed by atoms with Gasteiger partial charge in [-0.25, -0.2) is 29.9 Å². The van der Waals surface area contributed by atoms with Gasteiger partial charge in [-0.3, -0.25) is 0 Å². The van der Waals surface area contributed by atoms with E-state index < -0.39 is 0 Å². The predicted octanol–water partition coefficient (Wildman–Crippen LogP) is 18.4. The molecule has 2 aromatic heterocycles. The molecule has 0 saturated carbocycles. The lowest BCUT2D eigenvalue weighted by Crippen LogP contribution is -2.00. The number of aromatic nitrogens is 6. The summed E-state index contributed by atoms with van der Waals surface area (Å²) in [7, 11) is 0. The molecule has 0 bridgehead atoms. The van der Waals surface area contributed by atoms with Gasteiger partial charge in [-0.2, -0.15) is 10.5 Å². The summed E-state index contributed by atoms with van der Waals surface area (Å²) < 4.78 is 0. The van der Waals surface area contributed by atoms with E-state index in [-0.39, 0.29) is 0 Å². The molecule has 0 fully saturated rings. The van der Waals surface area contributed by atoms with Gasteiger partial charge in [-0.05, 0) is 120 Å². The zero-order valence-electron chi connectivity index (χ0n) is 45.1. The Morgan fingerprint density at radius 1 is 0.214 bits per heavy atom. The van der Waals surface area contributed by atoms with Gasteiger partial charge in [0.1, 0.15) is 0 Å². The number of rotatable bonds is 11. The van der Waals surface area contributed by atoms with Crippen molar-refractivity contribution in [3.8, 4) is 136 Å². The molecule has 8 nitrogen and oxygen atoms in total. The summed E-state index contributed by atoms with van der Waals surface area (Å²) in [4.78, 5) is 30.4. The van der Waals surface area contributed by atoms with Crippen LogP contribution in [0.2, 0.25) is 0 Å². The topological polar surface area (TPSA) is 125 Å². The minimum atomic E-state index is 0.539. The highest BCUT2D eigenvalue weighted by Gasteiger charge is 2.19. The molecule has 0 amide bonds. The number of hydrogen-bond donors (Lipinski definition) is 0. The quantitative estimate of drug-likeness (QED) is 0.125. The van der Waals surface area contributed by atoms with Gasteiger partial charge < -0.3 is 0 Å². The largest absolute Gasteiger partial charge is 0.208 e. The van der Waals surface area contributed by atoms with Gasteiger partial charge >= 0.3 is 0 Å². The molecule has 0 unspecified atom stereocenters. The van der Waals surface area contributed by atoms with Crippen LogP contribution in [0.15, 0.2) is 279 Å². The highest BCUT2D eigenvalue weighted by atomic mass is 15.0. The van der Waals surface area contributed by atoms with Crippen molar-refractivity contribution in [2.75, 3.05) is 0 Å². The zero-order chi connectivity index (χ0) is 56.3. The van der Waals surface area contributed by atoms with E-state index in [1.54, 1.807) is 0 Å². The molecule has 84 heavy (non-hydrogen) atoms. The van der Waals surface area contributed by atoms with Crippen LogP contribution in [0.5, 0.6) is 0 Å². The second kappa shape index (κ2) is 22.0. The number of nitriles is 2. The van der Waals surface area contributed by atoms with E-state index in [0.717, 1.165) is 111 Å². The molecule has 0 atom stereocenters. The number of benzene rings is 12. The number of fused-ring (bicyclic) bond motifs is 2. The Morgan fingerprint density at radius 2 is 0.619 bits per heavy atom. The lowest BCUT2D eigenvalue weighted by atomic mass is 9.88. The molecular weight excluding hydrogens is 1020 g/mol. The summed E-state index contributed by atoms with van der Waals surface area (Å²) >= 11 is 0. The van der Waals surface area contributed by atoms with Crippen LogP contribution >= 0.6 is 0 Å². The van der Waals surface area contributed by atoms with Gasteiger partial charge in [-0.1, -0.05) is 237 Å². The number of nitrogens with zero attached hydrogens (tertiary/aromatic N) is 8. The van der Waals surface area contributed by atoms with Gasteiger partial charge in [0.15, 0.2) is 34.9 Å². The molecule has 0 aliphatic heterocycles. The maximum Gasteiger partial charge on any atom is 0.164 e. The monoisotopic (exact) mass is 1070 g/mol. The van der Waals surface area contributed by atoms with Gasteiger partial charge in [0.2, 0.25) is 0 Å². The van der Waals surface area contributed by atoms with Crippen molar-refractivity contribution < 1.29 is 0 Å². The van der Waals surface area contributed by atoms with E-state index in [0.29, 0.717) is 46.1 Å². The minimum Gasteiger partial charge on any atom is -0.208 e. The van der Waals surface area contributed by atoms with Crippen LogP contribution in [-0.2, 0) is 0 Å². The van der Waals surface area contributed by atoms with Crippen molar-refractivity contribution in [2.24, 2.45) is 0 Å². The molecule has 0 aliphatic carbocycles. The number of hydrogen-bond acceptors (Lipinski definition) is 8. The van der Waals surface area contributed by atoms with Gasteiger partial charge in [0, 0.05) is 33.4 Å². The van der Waals surface area contributed by atoms with Crippen LogP contribution in [-0.4, -0.2) is 29.9 Å². The molecule has 8 heteroatoms. The lowest BCUT2D eigenvalue weighted by Gasteiger charge is -2.16. The summed E-state index contributed by atoms with van der Waals surface area (Å²) in [6.07, 6.45) is 0. The van der Waals surface area contributed by atoms with Gasteiger partial charge in [0.05, 0.1) is 23.3 Å². The van der Waals surface area contributed by atoms with Crippen molar-refractivity contribution in [1.82, 2.24) is 29.9 Å². The predicted molar refractivity (Wildman–Crippen MR) is 337 cm³/mol. The van der Waals surface area contributed by atoms with E-state index in [1.165, 1.54) is 0 Å². The van der Waals surface area contributed by atoms with E-state index in [2.05, 4.69) is 158 Å². The van der Waals surface area contributed by atoms with E-state index in [4.69, 9.17) is 29.9 Å². The minimum absolute atomic E-state index is 0.539. The summed E-state index contributed by atoms with van der Waals surface area (Å²) in [5.74, 6) is 3.45. The Bertz CT molecular complexity index is 4840. The van der Waals surface area contributed by atoms with Crippen LogP contribution < -0.4 is 0 Å². The lowest BCUT2D eigenvalue weighted by molar-refractivity contribution is 1.07. The van der Waals surface area contributed by atoms with Crippen LogP contribution in [0.3, 0.4) is 0 Å². The van der Waals surface area contributed by atoms with Crippen molar-refractivity contribution >= 4 is 21.5 Å². The molecule has 14 aromatic rings. The molecule has 0 aliphatic rings. The van der Waals surface area contributed by atoms with Crippen molar-refractivity contribution in [3.63, 3.8) is 0 Å². The van der Waals surface area contributed by atoms with Crippen molar-refractivity contribution in [3.05, 3.63) is 290 Å². The van der Waals surface area contributed by atoms with Crippen molar-refractivity contribution in [1.29, 1.82) is 10.5 Å². The standard InChI is InChI=1S/C76H46N8/c77-47-49-16-12-25-58(42-49)63-45-69(67-31-15-30-66(70(67)46-63)52-34-39-56(40-35-52)74-80-71(53-17-4-1-5-18-53)79-72(81-74)54-19-6-2-7-20-54)59-26-13-27-61(43-59)76-83-73(55-21-8-3-9-22-55)82-75(84-76)57-37-32-51(33-38-57)65-29-14-24-50-36-41-60(44-68(50)65)64-28-11-10-23-62(64)48-78/h1-46H. The molecule has 390 valence electrons. The Kier molecular flexibility index (Phi) is 13.2. The zero-order valence-corrected chi connectivity index (χ0v) is 45.1. The molecule has 12 aromatic carbocycles. The fourth-order valence-corrected chi connectivity index (χ4v) is 11.0. The Balaban J connectivity index is 0.855. The average Bonchev–Trinajstić information content (AvgIpc) is 2.15. The fraction of sp³-hybridized carbons (Fsp3) is 0. The third-order valence-corrected chi connectivity index (χ3v) is 15.3. The first-order valence-corrected chi connectivity index (χ1v) is 27.6. The van der Waals surface area contributed by atoms with Crippen LogP contribution in [0.1, 0.15) is 11.1 Å². The Labute approximate surface area is 485 Å². The Hall–Kier alpha value is -11.8. The third-order valence-electron chi connectivity index (χ3n) is 15.3. The van der Waals surface area contributed by atoms with Crippen LogP contribution in [0.4, 0.5) is 0 Å². The van der Waals surface area contributed by atoms with E-state index in [9.17, 15) is 10.5 Å². The summed E-state index contributed by atoms with van der Waals surface area (Å²) in [6.45, 7) is 0. The highest BCUT2D eigenvalue weighted by molar-refractivity contribution is 6.07. The molecule has 0 spiro atoms. The SMILES string of the molecule is N#Cc1cccc(-c2cc(-c3cccc(-c4nc(-c5ccccc5)nc(-c5ccc(-c6cccc7ccc(-c8ccccc8C#N)cc67)cc5)n4)c3)c3cccc(-c4ccc(-c5nc(-c6ccccc6)nc(-c6ccccc6)n5)cc4)c3c2)c1. The average molecular weight is 1070 g/mol. The van der Waals surface area contributed by atoms with Crippen LogP contribution in [0.25, 0.3) is 146 Å². The molecular formula is C76H46N8. The maximum atomic E-state index is 10.0. The first-order chi connectivity index (χ1) is 41.5. The normalized spacial score (nSPS) is 11.1. The van der Waals surface area contributed by atoms with Gasteiger partial charge in [-0.15, -0.1) is 0 Å². The molecule has 0 saturated heterocycles. The van der Waals surface area contributed by atoms with E-state index >= 15 is 0 Å². The first kappa shape index (κ1) is 50.4. The molecule has 14 rings (SSSR count). The molecule has 0 N–H and O–H groups in total. The maximum absolute atomic E-state index is 10.0. The smallest absolute Gasteiger partial charge is 0.164 e. The van der Waals surface area contributed by atoms with Crippen LogP contribution in [0, 0.1) is 22.7 Å².